The summed E-state index contributed by atoms with van der Waals surface area (Å²) in [6.45, 7) is 6.33. The molecule has 2 aliphatic rings. The van der Waals surface area contributed by atoms with Gasteiger partial charge in [-0.2, -0.15) is 0 Å². The van der Waals surface area contributed by atoms with Crippen LogP contribution in [-0.2, 0) is 4.74 Å². The van der Waals surface area contributed by atoms with Crippen molar-refractivity contribution in [3.8, 4) is 0 Å². The van der Waals surface area contributed by atoms with E-state index >= 15 is 0 Å². The van der Waals surface area contributed by atoms with Gasteiger partial charge in [0.1, 0.15) is 0 Å². The molecule has 1 saturated heterocycles. The average Bonchev–Trinajstić information content (AvgIpc) is 2.76. The molecule has 1 amide bonds. The number of nitrogens with one attached hydrogen (secondary N) is 1. The second-order valence-corrected chi connectivity index (χ2v) is 5.74. The maximum absolute atomic E-state index is 11.6. The molecule has 0 aromatic heterocycles. The van der Waals surface area contributed by atoms with Gasteiger partial charge >= 0.3 is 6.09 Å². The zero-order chi connectivity index (χ0) is 13.0. The number of rotatable bonds is 3. The summed E-state index contributed by atoms with van der Waals surface area (Å²) in [5, 5.41) is 3.76. The lowest BCUT2D eigenvalue weighted by atomic mass is 10.0. The van der Waals surface area contributed by atoms with E-state index in [1.807, 2.05) is 11.8 Å². The lowest BCUT2D eigenvalue weighted by Crippen LogP contribution is -2.47. The molecule has 1 N–H and O–H groups in total. The minimum atomic E-state index is -0.148. The molecule has 1 aliphatic carbocycles. The van der Waals surface area contributed by atoms with Gasteiger partial charge in [-0.1, -0.05) is 6.92 Å². The molecule has 4 nitrogen and oxygen atoms in total. The summed E-state index contributed by atoms with van der Waals surface area (Å²) in [5.41, 5.74) is 0. The first kappa shape index (κ1) is 13.7. The van der Waals surface area contributed by atoms with Crippen molar-refractivity contribution in [3.63, 3.8) is 0 Å². The fourth-order valence-corrected chi connectivity index (χ4v) is 3.14. The van der Waals surface area contributed by atoms with Crippen molar-refractivity contribution < 1.29 is 9.53 Å². The van der Waals surface area contributed by atoms with Crippen LogP contribution in [0.25, 0.3) is 0 Å². The van der Waals surface area contributed by atoms with Crippen molar-refractivity contribution in [3.05, 3.63) is 0 Å². The number of amides is 1. The monoisotopic (exact) mass is 254 g/mol. The van der Waals surface area contributed by atoms with Crippen molar-refractivity contribution >= 4 is 6.09 Å². The van der Waals surface area contributed by atoms with E-state index in [1.54, 1.807) is 0 Å². The normalized spacial score (nSPS) is 29.6. The van der Waals surface area contributed by atoms with E-state index in [9.17, 15) is 4.79 Å². The second-order valence-electron chi connectivity index (χ2n) is 5.74. The third-order valence-corrected chi connectivity index (χ3v) is 4.19. The molecule has 2 unspecified atom stereocenters. The van der Waals surface area contributed by atoms with Gasteiger partial charge in [0.15, 0.2) is 0 Å². The molecule has 0 aromatic rings. The van der Waals surface area contributed by atoms with Gasteiger partial charge in [0, 0.05) is 25.2 Å². The van der Waals surface area contributed by atoms with Gasteiger partial charge in [-0.05, 0) is 44.9 Å². The maximum Gasteiger partial charge on any atom is 0.409 e. The lowest BCUT2D eigenvalue weighted by Gasteiger charge is -2.33. The molecule has 4 heteroatoms. The largest absolute Gasteiger partial charge is 0.450 e. The van der Waals surface area contributed by atoms with E-state index in [4.69, 9.17) is 4.74 Å². The molecule has 1 aliphatic heterocycles. The van der Waals surface area contributed by atoms with Crippen LogP contribution in [0.4, 0.5) is 4.79 Å². The highest BCUT2D eigenvalue weighted by atomic mass is 16.6. The highest BCUT2D eigenvalue weighted by Gasteiger charge is 2.27. The van der Waals surface area contributed by atoms with E-state index < -0.39 is 0 Å². The average molecular weight is 254 g/mol. The summed E-state index contributed by atoms with van der Waals surface area (Å²) in [6.07, 6.45) is 5.97. The zero-order valence-corrected chi connectivity index (χ0v) is 11.7. The Kier molecular flexibility index (Phi) is 4.87. The molecule has 2 fully saturated rings. The summed E-state index contributed by atoms with van der Waals surface area (Å²) in [7, 11) is 0. The summed E-state index contributed by atoms with van der Waals surface area (Å²) in [6, 6.07) is 1.30. The number of nitrogens with zero attached hydrogens (tertiary/aromatic N) is 1. The molecule has 0 spiro atoms. The molecule has 2 rings (SSSR count). The van der Waals surface area contributed by atoms with Crippen molar-refractivity contribution in [2.75, 3.05) is 19.7 Å². The Balaban J connectivity index is 1.68. The first-order chi connectivity index (χ1) is 8.69. The van der Waals surface area contributed by atoms with Gasteiger partial charge in [0.05, 0.1) is 6.61 Å². The number of likely N-dealkylation sites (tertiary alicyclic amines) is 1. The number of ether oxygens (including phenoxy) is 1. The lowest BCUT2D eigenvalue weighted by molar-refractivity contribution is 0.0942. The van der Waals surface area contributed by atoms with Gasteiger partial charge in [-0.15, -0.1) is 0 Å². The van der Waals surface area contributed by atoms with Crippen LogP contribution < -0.4 is 5.32 Å². The molecule has 0 aromatic carbocycles. The fraction of sp³-hybridized carbons (Fsp3) is 0.929. The molecule has 18 heavy (non-hydrogen) atoms. The first-order valence-electron chi connectivity index (χ1n) is 7.36. The van der Waals surface area contributed by atoms with Crippen LogP contribution >= 0.6 is 0 Å². The van der Waals surface area contributed by atoms with Crippen LogP contribution in [-0.4, -0.2) is 42.8 Å². The van der Waals surface area contributed by atoms with Crippen molar-refractivity contribution in [2.45, 2.75) is 58.0 Å². The Morgan fingerprint density at radius 1 is 1.22 bits per heavy atom. The highest BCUT2D eigenvalue weighted by molar-refractivity contribution is 5.67. The Labute approximate surface area is 110 Å². The Morgan fingerprint density at radius 2 is 1.94 bits per heavy atom. The predicted molar refractivity (Wildman–Crippen MR) is 71.6 cm³/mol. The number of hydrogen-bond donors (Lipinski definition) is 1. The Bertz CT molecular complexity index is 275. The van der Waals surface area contributed by atoms with Gasteiger partial charge in [0.25, 0.3) is 0 Å². The van der Waals surface area contributed by atoms with Gasteiger partial charge in [-0.25, -0.2) is 4.79 Å². The Morgan fingerprint density at radius 3 is 2.50 bits per heavy atom. The van der Waals surface area contributed by atoms with Crippen LogP contribution in [0, 0.1) is 5.92 Å². The van der Waals surface area contributed by atoms with Crippen molar-refractivity contribution in [1.29, 1.82) is 0 Å². The molecular formula is C14H26N2O2. The standard InChI is InChI=1S/C14H26N2O2/c1-3-18-14(17)16-8-6-12(7-9-16)15-13-5-4-11(2)10-13/h11-13,15H,3-10H2,1-2H3. The van der Waals surface area contributed by atoms with E-state index in [0.29, 0.717) is 18.7 Å². The second kappa shape index (κ2) is 6.41. The van der Waals surface area contributed by atoms with Crippen LogP contribution in [0.5, 0.6) is 0 Å². The van der Waals surface area contributed by atoms with Gasteiger partial charge in [0.2, 0.25) is 0 Å². The minimum Gasteiger partial charge on any atom is -0.450 e. The van der Waals surface area contributed by atoms with E-state index in [-0.39, 0.29) is 6.09 Å². The smallest absolute Gasteiger partial charge is 0.409 e. The SMILES string of the molecule is CCOC(=O)N1CCC(NC2CCC(C)C2)CC1. The molecular weight excluding hydrogens is 228 g/mol. The summed E-state index contributed by atoms with van der Waals surface area (Å²) < 4.78 is 5.03. The molecule has 104 valence electrons. The number of hydrogen-bond acceptors (Lipinski definition) is 3. The quantitative estimate of drug-likeness (QED) is 0.841. The third-order valence-electron chi connectivity index (χ3n) is 4.19. The zero-order valence-electron chi connectivity index (χ0n) is 11.7. The number of carbonyl (C=O) groups is 1. The van der Waals surface area contributed by atoms with E-state index in [0.717, 1.165) is 31.8 Å². The molecule has 0 radical (unpaired) electrons. The predicted octanol–water partition coefficient (Wildman–Crippen LogP) is 2.39. The van der Waals surface area contributed by atoms with Crippen LogP contribution in [0.2, 0.25) is 0 Å². The summed E-state index contributed by atoms with van der Waals surface area (Å²) in [5.74, 6) is 0.877. The van der Waals surface area contributed by atoms with Crippen LogP contribution in [0.15, 0.2) is 0 Å². The third kappa shape index (κ3) is 3.61. The first-order valence-corrected chi connectivity index (χ1v) is 7.36. The molecule has 1 saturated carbocycles. The van der Waals surface area contributed by atoms with E-state index in [1.165, 1.54) is 19.3 Å². The Hall–Kier alpha value is -0.770. The highest BCUT2D eigenvalue weighted by Crippen LogP contribution is 2.26. The molecule has 0 bridgehead atoms. The summed E-state index contributed by atoms with van der Waals surface area (Å²) >= 11 is 0. The van der Waals surface area contributed by atoms with Crippen LogP contribution in [0.1, 0.15) is 46.0 Å². The number of piperidine rings is 1. The van der Waals surface area contributed by atoms with Gasteiger partial charge < -0.3 is 15.0 Å². The number of carbonyl (C=O) groups excluding carboxylic acids is 1. The minimum absolute atomic E-state index is 0.148. The topological polar surface area (TPSA) is 41.6 Å². The molecule has 2 atom stereocenters. The molecule has 1 heterocycles. The van der Waals surface area contributed by atoms with Crippen molar-refractivity contribution in [2.24, 2.45) is 5.92 Å². The van der Waals surface area contributed by atoms with Crippen LogP contribution in [0.3, 0.4) is 0 Å². The summed E-state index contributed by atoms with van der Waals surface area (Å²) in [4.78, 5) is 13.4. The fourth-order valence-electron chi connectivity index (χ4n) is 3.14. The van der Waals surface area contributed by atoms with Gasteiger partial charge in [-0.3, -0.25) is 0 Å². The van der Waals surface area contributed by atoms with Crippen molar-refractivity contribution in [1.82, 2.24) is 10.2 Å². The van der Waals surface area contributed by atoms with E-state index in [2.05, 4.69) is 12.2 Å². The maximum atomic E-state index is 11.6.